The summed E-state index contributed by atoms with van der Waals surface area (Å²) in [5.41, 5.74) is 1.94. The first-order chi connectivity index (χ1) is 9.10. The van der Waals surface area contributed by atoms with Gasteiger partial charge in [0.1, 0.15) is 0 Å². The Bertz CT molecular complexity index is 534. The molecule has 1 aromatic carbocycles. The zero-order chi connectivity index (χ0) is 13.5. The molecule has 1 N–H and O–H groups in total. The Kier molecular flexibility index (Phi) is 2.81. The van der Waals surface area contributed by atoms with Gasteiger partial charge in [-0.25, -0.2) is 0 Å². The largest absolute Gasteiger partial charge is 0.481 e. The van der Waals surface area contributed by atoms with Crippen molar-refractivity contribution < 1.29 is 14.7 Å². The van der Waals surface area contributed by atoms with Gasteiger partial charge in [-0.05, 0) is 36.3 Å². The quantitative estimate of drug-likeness (QED) is 0.902. The van der Waals surface area contributed by atoms with E-state index in [4.69, 9.17) is 5.11 Å². The number of nitrogens with zero attached hydrogens (tertiary/aromatic N) is 1. The summed E-state index contributed by atoms with van der Waals surface area (Å²) in [5.74, 6) is -0.726. The molecule has 0 bridgehead atoms. The molecular weight excluding hydrogens is 242 g/mol. The smallest absolute Gasteiger partial charge is 0.303 e. The summed E-state index contributed by atoms with van der Waals surface area (Å²) in [4.78, 5) is 25.0. The summed E-state index contributed by atoms with van der Waals surface area (Å²) >= 11 is 0. The van der Waals surface area contributed by atoms with Gasteiger partial charge >= 0.3 is 5.97 Å². The van der Waals surface area contributed by atoms with Crippen LogP contribution in [0.25, 0.3) is 0 Å². The molecule has 0 atom stereocenters. The lowest BCUT2D eigenvalue weighted by molar-refractivity contribution is -0.138. The molecule has 1 saturated carbocycles. The Hall–Kier alpha value is -1.84. The number of carboxylic acid groups (broad SMARTS) is 1. The minimum atomic E-state index is -0.799. The number of para-hydroxylation sites is 1. The third kappa shape index (κ3) is 2.35. The molecule has 0 aromatic heterocycles. The van der Waals surface area contributed by atoms with Crippen LogP contribution in [0.5, 0.6) is 0 Å². The average molecular weight is 259 g/mol. The standard InChI is InChI=1S/C15H17NO3/c17-13(9-15(6-7-15)10-14(18)19)16-8-5-11-3-1-2-4-12(11)16/h1-4H,5-10H2,(H,18,19). The first-order valence-corrected chi connectivity index (χ1v) is 6.70. The van der Waals surface area contributed by atoms with Crippen molar-refractivity contribution in [3.05, 3.63) is 29.8 Å². The van der Waals surface area contributed by atoms with Gasteiger partial charge in [0.2, 0.25) is 5.91 Å². The highest BCUT2D eigenvalue weighted by Gasteiger charge is 2.47. The summed E-state index contributed by atoms with van der Waals surface area (Å²) < 4.78 is 0. The van der Waals surface area contributed by atoms with Crippen molar-refractivity contribution >= 4 is 17.6 Å². The number of benzene rings is 1. The molecule has 0 radical (unpaired) electrons. The van der Waals surface area contributed by atoms with Crippen molar-refractivity contribution in [3.8, 4) is 0 Å². The molecule has 3 rings (SSSR count). The molecule has 1 aromatic rings. The molecule has 2 aliphatic rings. The number of carbonyl (C=O) groups is 2. The topological polar surface area (TPSA) is 57.6 Å². The molecule has 0 spiro atoms. The van der Waals surface area contributed by atoms with Crippen LogP contribution >= 0.6 is 0 Å². The van der Waals surface area contributed by atoms with E-state index >= 15 is 0 Å². The number of hydrogen-bond acceptors (Lipinski definition) is 2. The van der Waals surface area contributed by atoms with E-state index < -0.39 is 5.97 Å². The van der Waals surface area contributed by atoms with Crippen molar-refractivity contribution in [1.29, 1.82) is 0 Å². The normalized spacial score (nSPS) is 19.1. The maximum Gasteiger partial charge on any atom is 0.303 e. The van der Waals surface area contributed by atoms with Crippen LogP contribution in [0.2, 0.25) is 0 Å². The third-order valence-electron chi connectivity index (χ3n) is 4.20. The fraction of sp³-hybridized carbons (Fsp3) is 0.467. The Balaban J connectivity index is 1.71. The second kappa shape index (κ2) is 4.37. The summed E-state index contributed by atoms with van der Waals surface area (Å²) in [5, 5.41) is 8.90. The summed E-state index contributed by atoms with van der Waals surface area (Å²) in [6.07, 6.45) is 3.11. The number of aliphatic carboxylic acids is 1. The lowest BCUT2D eigenvalue weighted by Crippen LogP contribution is -2.31. The van der Waals surface area contributed by atoms with Gasteiger partial charge < -0.3 is 10.0 Å². The Morgan fingerprint density at radius 1 is 1.21 bits per heavy atom. The molecule has 0 unspecified atom stereocenters. The van der Waals surface area contributed by atoms with Crippen LogP contribution in [-0.4, -0.2) is 23.5 Å². The molecule has 1 heterocycles. The minimum absolute atomic E-state index is 0.0729. The zero-order valence-corrected chi connectivity index (χ0v) is 10.8. The van der Waals surface area contributed by atoms with Crippen molar-refractivity contribution in [2.24, 2.45) is 5.41 Å². The van der Waals surface area contributed by atoms with Gasteiger partial charge in [0.25, 0.3) is 0 Å². The first-order valence-electron chi connectivity index (χ1n) is 6.70. The molecular formula is C15H17NO3. The van der Waals surface area contributed by atoms with E-state index in [1.807, 2.05) is 29.2 Å². The zero-order valence-electron chi connectivity index (χ0n) is 10.8. The predicted molar refractivity (Wildman–Crippen MR) is 71.0 cm³/mol. The lowest BCUT2D eigenvalue weighted by Gasteiger charge is -2.20. The monoisotopic (exact) mass is 259 g/mol. The fourth-order valence-corrected chi connectivity index (χ4v) is 2.93. The van der Waals surface area contributed by atoms with Crippen LogP contribution in [0.3, 0.4) is 0 Å². The van der Waals surface area contributed by atoms with Gasteiger partial charge in [-0.2, -0.15) is 0 Å². The Morgan fingerprint density at radius 2 is 1.95 bits per heavy atom. The summed E-state index contributed by atoms with van der Waals surface area (Å²) in [6.45, 7) is 0.724. The molecule has 100 valence electrons. The van der Waals surface area contributed by atoms with E-state index in [9.17, 15) is 9.59 Å². The maximum absolute atomic E-state index is 12.4. The average Bonchev–Trinajstić information content (AvgIpc) is 2.96. The molecule has 1 aliphatic carbocycles. The molecule has 19 heavy (non-hydrogen) atoms. The van der Waals surface area contributed by atoms with Crippen LogP contribution in [0.15, 0.2) is 24.3 Å². The number of carboxylic acids is 1. The van der Waals surface area contributed by atoms with E-state index in [-0.39, 0.29) is 17.7 Å². The molecule has 1 aliphatic heterocycles. The van der Waals surface area contributed by atoms with Gasteiger partial charge in [-0.1, -0.05) is 18.2 Å². The second-order valence-corrected chi connectivity index (χ2v) is 5.67. The number of amides is 1. The van der Waals surface area contributed by atoms with Crippen LogP contribution in [-0.2, 0) is 16.0 Å². The molecule has 1 amide bonds. The Morgan fingerprint density at radius 3 is 2.63 bits per heavy atom. The van der Waals surface area contributed by atoms with E-state index in [1.54, 1.807) is 0 Å². The van der Waals surface area contributed by atoms with E-state index in [2.05, 4.69) is 0 Å². The highest BCUT2D eigenvalue weighted by molar-refractivity contribution is 5.96. The number of hydrogen-bond donors (Lipinski definition) is 1. The predicted octanol–water partition coefficient (Wildman–Crippen LogP) is 2.22. The molecule has 1 fully saturated rings. The van der Waals surface area contributed by atoms with Gasteiger partial charge in [-0.15, -0.1) is 0 Å². The van der Waals surface area contributed by atoms with E-state index in [0.717, 1.165) is 31.5 Å². The summed E-state index contributed by atoms with van der Waals surface area (Å²) in [7, 11) is 0. The second-order valence-electron chi connectivity index (χ2n) is 5.67. The van der Waals surface area contributed by atoms with Gasteiger partial charge in [0.15, 0.2) is 0 Å². The van der Waals surface area contributed by atoms with Crippen LogP contribution < -0.4 is 4.90 Å². The first kappa shape index (κ1) is 12.2. The number of anilines is 1. The van der Waals surface area contributed by atoms with Crippen molar-refractivity contribution in [2.45, 2.75) is 32.1 Å². The minimum Gasteiger partial charge on any atom is -0.481 e. The highest BCUT2D eigenvalue weighted by Crippen LogP contribution is 2.52. The Labute approximate surface area is 112 Å². The van der Waals surface area contributed by atoms with E-state index in [0.29, 0.717) is 6.42 Å². The summed E-state index contributed by atoms with van der Waals surface area (Å²) in [6, 6.07) is 7.94. The van der Waals surface area contributed by atoms with Crippen LogP contribution in [0, 0.1) is 5.41 Å². The van der Waals surface area contributed by atoms with Gasteiger partial charge in [0, 0.05) is 18.7 Å². The lowest BCUT2D eigenvalue weighted by atomic mass is 9.97. The van der Waals surface area contributed by atoms with E-state index in [1.165, 1.54) is 5.56 Å². The maximum atomic E-state index is 12.4. The highest BCUT2D eigenvalue weighted by atomic mass is 16.4. The fourth-order valence-electron chi connectivity index (χ4n) is 2.93. The third-order valence-corrected chi connectivity index (χ3v) is 4.20. The van der Waals surface area contributed by atoms with Crippen molar-refractivity contribution in [1.82, 2.24) is 0 Å². The van der Waals surface area contributed by atoms with Crippen molar-refractivity contribution in [3.63, 3.8) is 0 Å². The van der Waals surface area contributed by atoms with Crippen molar-refractivity contribution in [2.75, 3.05) is 11.4 Å². The SMILES string of the molecule is O=C(O)CC1(CC(=O)N2CCc3ccccc32)CC1. The number of carbonyl (C=O) groups excluding carboxylic acids is 1. The molecule has 4 heteroatoms. The number of fused-ring (bicyclic) bond motifs is 1. The van der Waals surface area contributed by atoms with Crippen LogP contribution in [0.4, 0.5) is 5.69 Å². The van der Waals surface area contributed by atoms with Crippen LogP contribution in [0.1, 0.15) is 31.2 Å². The molecule has 4 nitrogen and oxygen atoms in total. The number of rotatable bonds is 4. The van der Waals surface area contributed by atoms with Gasteiger partial charge in [-0.3, -0.25) is 9.59 Å². The molecule has 0 saturated heterocycles. The van der Waals surface area contributed by atoms with Gasteiger partial charge in [0.05, 0.1) is 6.42 Å².